The van der Waals surface area contributed by atoms with Crippen LogP contribution in [-0.4, -0.2) is 42.9 Å². The first-order chi connectivity index (χ1) is 13.0. The number of anilines is 1. The van der Waals surface area contributed by atoms with E-state index in [9.17, 15) is 9.59 Å². The highest BCUT2D eigenvalue weighted by Crippen LogP contribution is 2.20. The van der Waals surface area contributed by atoms with E-state index in [0.29, 0.717) is 12.1 Å². The molecule has 0 bridgehead atoms. The zero-order chi connectivity index (χ0) is 19.2. The molecular formula is C21H27N3O3. The summed E-state index contributed by atoms with van der Waals surface area (Å²) in [4.78, 5) is 28.6. The van der Waals surface area contributed by atoms with Crippen LogP contribution in [0.4, 0.5) is 5.69 Å². The molecule has 1 saturated heterocycles. The first-order valence-electron chi connectivity index (χ1n) is 9.46. The van der Waals surface area contributed by atoms with Gasteiger partial charge >= 0.3 is 0 Å². The van der Waals surface area contributed by atoms with E-state index >= 15 is 0 Å². The largest absolute Gasteiger partial charge is 0.472 e. The summed E-state index contributed by atoms with van der Waals surface area (Å²) in [5, 5.41) is 2.70. The number of amides is 2. The maximum absolute atomic E-state index is 12.5. The monoisotopic (exact) mass is 369 g/mol. The van der Waals surface area contributed by atoms with Crippen molar-refractivity contribution in [3.05, 3.63) is 54.0 Å². The van der Waals surface area contributed by atoms with Crippen molar-refractivity contribution in [1.82, 2.24) is 10.2 Å². The van der Waals surface area contributed by atoms with Gasteiger partial charge in [-0.3, -0.25) is 9.59 Å². The zero-order valence-corrected chi connectivity index (χ0v) is 16.0. The smallest absolute Gasteiger partial charge is 0.255 e. The van der Waals surface area contributed by atoms with E-state index in [1.54, 1.807) is 24.9 Å². The highest BCUT2D eigenvalue weighted by atomic mass is 16.3. The number of benzene rings is 1. The number of carbonyl (C=O) groups excluding carboxylic acids is 2. The molecule has 1 aliphatic heterocycles. The number of hydrogen-bond acceptors (Lipinski definition) is 4. The summed E-state index contributed by atoms with van der Waals surface area (Å²) in [7, 11) is 1.75. The summed E-state index contributed by atoms with van der Waals surface area (Å²) in [6.45, 7) is 4.43. The molecule has 6 heteroatoms. The van der Waals surface area contributed by atoms with Crippen LogP contribution in [-0.2, 0) is 11.3 Å². The van der Waals surface area contributed by atoms with Crippen LogP contribution in [0.5, 0.6) is 0 Å². The van der Waals surface area contributed by atoms with Gasteiger partial charge in [-0.15, -0.1) is 0 Å². The highest BCUT2D eigenvalue weighted by Gasteiger charge is 2.21. The predicted molar refractivity (Wildman–Crippen MR) is 105 cm³/mol. The lowest BCUT2D eigenvalue weighted by atomic mass is 10.1. The Balaban J connectivity index is 1.53. The summed E-state index contributed by atoms with van der Waals surface area (Å²) >= 11 is 0. The SMILES string of the molecule is C[C@H](NC(=O)c1ccoc1)C(=O)N(C)Cc1ccc(N2CCCCC2)cc1. The fraction of sp³-hybridized carbons (Fsp3) is 0.429. The van der Waals surface area contributed by atoms with Crippen LogP contribution >= 0.6 is 0 Å². The van der Waals surface area contributed by atoms with Gasteiger partial charge in [-0.2, -0.15) is 0 Å². The van der Waals surface area contributed by atoms with E-state index < -0.39 is 6.04 Å². The molecule has 1 aromatic carbocycles. The molecule has 0 aliphatic carbocycles. The third-order valence-corrected chi connectivity index (χ3v) is 4.95. The standard InChI is InChI=1S/C21H27N3O3/c1-16(22-20(25)18-10-13-27-15-18)21(26)23(2)14-17-6-8-19(9-7-17)24-11-4-3-5-12-24/h6-10,13,15-16H,3-5,11-12,14H2,1-2H3,(H,22,25)/t16-/m0/s1. The number of carbonyl (C=O) groups is 2. The lowest BCUT2D eigenvalue weighted by Gasteiger charge is -2.29. The zero-order valence-electron chi connectivity index (χ0n) is 16.0. The molecule has 2 heterocycles. The molecule has 1 fully saturated rings. The topological polar surface area (TPSA) is 65.8 Å². The molecule has 0 spiro atoms. The van der Waals surface area contributed by atoms with E-state index in [1.807, 2.05) is 0 Å². The van der Waals surface area contributed by atoms with Gasteiger partial charge in [-0.25, -0.2) is 0 Å². The molecule has 0 unspecified atom stereocenters. The molecule has 1 aromatic heterocycles. The molecule has 0 radical (unpaired) electrons. The van der Waals surface area contributed by atoms with Gasteiger partial charge in [0.2, 0.25) is 5.91 Å². The molecular weight excluding hydrogens is 342 g/mol. The van der Waals surface area contributed by atoms with Gasteiger partial charge in [0.1, 0.15) is 12.3 Å². The third kappa shape index (κ3) is 4.90. The van der Waals surface area contributed by atoms with Crippen molar-refractivity contribution < 1.29 is 14.0 Å². The van der Waals surface area contributed by atoms with Gasteiger partial charge in [-0.1, -0.05) is 12.1 Å². The molecule has 1 atom stereocenters. The maximum atomic E-state index is 12.5. The quantitative estimate of drug-likeness (QED) is 0.850. The number of piperidine rings is 1. The Kier molecular flexibility index (Phi) is 6.16. The van der Waals surface area contributed by atoms with Crippen LogP contribution in [0.25, 0.3) is 0 Å². The summed E-state index contributed by atoms with van der Waals surface area (Å²) in [5.74, 6) is -0.448. The maximum Gasteiger partial charge on any atom is 0.255 e. The van der Waals surface area contributed by atoms with Crippen molar-refractivity contribution >= 4 is 17.5 Å². The summed E-state index contributed by atoms with van der Waals surface area (Å²) in [5.41, 5.74) is 2.72. The molecule has 144 valence electrons. The van der Waals surface area contributed by atoms with Crippen LogP contribution < -0.4 is 10.2 Å². The third-order valence-electron chi connectivity index (χ3n) is 4.95. The normalized spacial score (nSPS) is 15.3. The van der Waals surface area contributed by atoms with E-state index in [0.717, 1.165) is 18.7 Å². The molecule has 2 amide bonds. The summed E-state index contributed by atoms with van der Waals surface area (Å²) in [6.07, 6.45) is 6.61. The van der Waals surface area contributed by atoms with Crippen LogP contribution in [0.2, 0.25) is 0 Å². The van der Waals surface area contributed by atoms with Crippen molar-refractivity contribution in [2.45, 2.75) is 38.8 Å². The Bertz CT molecular complexity index is 749. The fourth-order valence-corrected chi connectivity index (χ4v) is 3.38. The average molecular weight is 369 g/mol. The molecule has 27 heavy (non-hydrogen) atoms. The minimum absolute atomic E-state index is 0.132. The Labute approximate surface area is 160 Å². The van der Waals surface area contributed by atoms with Gasteiger partial charge in [0.15, 0.2) is 0 Å². The van der Waals surface area contributed by atoms with E-state index in [2.05, 4.69) is 34.5 Å². The fourth-order valence-electron chi connectivity index (χ4n) is 3.38. The summed E-state index contributed by atoms with van der Waals surface area (Å²) in [6, 6.07) is 9.36. The number of nitrogens with zero attached hydrogens (tertiary/aromatic N) is 2. The average Bonchev–Trinajstić information content (AvgIpc) is 3.23. The first-order valence-corrected chi connectivity index (χ1v) is 9.46. The lowest BCUT2D eigenvalue weighted by molar-refractivity contribution is -0.132. The van der Waals surface area contributed by atoms with Crippen molar-refractivity contribution in [1.29, 1.82) is 0 Å². The van der Waals surface area contributed by atoms with Gasteiger partial charge < -0.3 is 19.5 Å². The number of hydrogen-bond donors (Lipinski definition) is 1. The van der Waals surface area contributed by atoms with E-state index in [4.69, 9.17) is 4.42 Å². The van der Waals surface area contributed by atoms with Crippen LogP contribution in [0.3, 0.4) is 0 Å². The lowest BCUT2D eigenvalue weighted by Crippen LogP contribution is -2.45. The van der Waals surface area contributed by atoms with Gasteiger partial charge in [0, 0.05) is 32.4 Å². The number of nitrogens with one attached hydrogen (secondary N) is 1. The molecule has 2 aromatic rings. The second-order valence-corrected chi connectivity index (χ2v) is 7.12. The van der Waals surface area contributed by atoms with Crippen LogP contribution in [0.15, 0.2) is 47.3 Å². The van der Waals surface area contributed by atoms with Crippen LogP contribution in [0, 0.1) is 0 Å². The van der Waals surface area contributed by atoms with Crippen molar-refractivity contribution in [3.8, 4) is 0 Å². The Hall–Kier alpha value is -2.76. The van der Waals surface area contributed by atoms with Crippen molar-refractivity contribution in [3.63, 3.8) is 0 Å². The Morgan fingerprint density at radius 1 is 1.15 bits per heavy atom. The van der Waals surface area contributed by atoms with Crippen LogP contribution in [0.1, 0.15) is 42.1 Å². The minimum Gasteiger partial charge on any atom is -0.472 e. The molecule has 0 saturated carbocycles. The van der Waals surface area contributed by atoms with Crippen molar-refractivity contribution in [2.24, 2.45) is 0 Å². The highest BCUT2D eigenvalue weighted by molar-refractivity contribution is 5.97. The van der Waals surface area contributed by atoms with Gasteiger partial charge in [0.25, 0.3) is 5.91 Å². The number of furan rings is 1. The predicted octanol–water partition coefficient (Wildman–Crippen LogP) is 3.05. The Morgan fingerprint density at radius 2 is 1.85 bits per heavy atom. The van der Waals surface area contributed by atoms with Gasteiger partial charge in [-0.05, 0) is 49.9 Å². The van der Waals surface area contributed by atoms with Crippen molar-refractivity contribution in [2.75, 3.05) is 25.0 Å². The number of rotatable bonds is 6. The Morgan fingerprint density at radius 3 is 2.48 bits per heavy atom. The molecule has 3 rings (SSSR count). The van der Waals surface area contributed by atoms with E-state index in [-0.39, 0.29) is 11.8 Å². The summed E-state index contributed by atoms with van der Waals surface area (Å²) < 4.78 is 4.90. The first kappa shape index (κ1) is 19.0. The van der Waals surface area contributed by atoms with E-state index in [1.165, 1.54) is 37.5 Å². The second kappa shape index (κ2) is 8.75. The molecule has 1 N–H and O–H groups in total. The molecule has 6 nitrogen and oxygen atoms in total. The molecule has 1 aliphatic rings. The van der Waals surface area contributed by atoms with Gasteiger partial charge in [0.05, 0.1) is 11.8 Å². The second-order valence-electron chi connectivity index (χ2n) is 7.12. The number of likely N-dealkylation sites (N-methyl/N-ethyl adjacent to an activating group) is 1. The minimum atomic E-state index is -0.606.